The Labute approximate surface area is 269 Å². The summed E-state index contributed by atoms with van der Waals surface area (Å²) < 4.78 is 0. The minimum Gasteiger partial charge on any atom is -0.348 e. The highest BCUT2D eigenvalue weighted by Crippen LogP contribution is 2.12. The van der Waals surface area contributed by atoms with Gasteiger partial charge in [0.15, 0.2) is 0 Å². The van der Waals surface area contributed by atoms with Crippen LogP contribution in [0.25, 0.3) is 0 Å². The van der Waals surface area contributed by atoms with Gasteiger partial charge in [-0.05, 0) is 45.3 Å². The molecule has 0 fully saturated rings. The number of likely N-dealkylation sites (N-methyl/N-ethyl adjacent to an activating group) is 1. The summed E-state index contributed by atoms with van der Waals surface area (Å²) in [6.07, 6.45) is 29.8. The van der Waals surface area contributed by atoms with Gasteiger partial charge in [0.25, 0.3) is 0 Å². The Kier molecular flexibility index (Phi) is 31.4. The smallest absolute Gasteiger partial charge is 0.236 e. The molecule has 0 saturated carbocycles. The van der Waals surface area contributed by atoms with Crippen LogP contribution in [0, 0.1) is 0 Å². The Morgan fingerprint density at radius 3 is 1.23 bits per heavy atom. The summed E-state index contributed by atoms with van der Waals surface area (Å²) in [5, 5.41) is 0. The third kappa shape index (κ3) is 28.1. The van der Waals surface area contributed by atoms with Crippen LogP contribution in [0.3, 0.4) is 0 Å². The molecule has 0 aromatic rings. The molecule has 6 nitrogen and oxygen atoms in total. The molecule has 256 valence electrons. The average Bonchev–Trinajstić information content (AvgIpc) is 3.01. The van der Waals surface area contributed by atoms with Crippen molar-refractivity contribution in [3.63, 3.8) is 0 Å². The van der Waals surface area contributed by atoms with Gasteiger partial charge < -0.3 is 14.7 Å². The first-order chi connectivity index (χ1) is 21.0. The van der Waals surface area contributed by atoms with Gasteiger partial charge in [-0.2, -0.15) is 0 Å². The van der Waals surface area contributed by atoms with Crippen molar-refractivity contribution in [3.05, 3.63) is 0 Å². The van der Waals surface area contributed by atoms with Crippen molar-refractivity contribution < 1.29 is 9.59 Å². The van der Waals surface area contributed by atoms with Crippen LogP contribution in [-0.2, 0) is 9.59 Å². The average molecular weight is 609 g/mol. The van der Waals surface area contributed by atoms with Gasteiger partial charge in [-0.15, -0.1) is 0 Å². The predicted molar refractivity (Wildman–Crippen MR) is 188 cm³/mol. The quantitative estimate of drug-likeness (QED) is 0.0541. The second kappa shape index (κ2) is 32.3. The summed E-state index contributed by atoms with van der Waals surface area (Å²) in [7, 11) is 3.71. The SMILES string of the molecule is CCCCCCCCCN(CCCCCCCCC)CCN(CCCCCCCCC)CC(=O)N(C)CCCN(C)C=O. The molecule has 0 saturated heterocycles. The normalized spacial score (nSPS) is 11.5. The molecule has 0 aliphatic heterocycles. The Hall–Kier alpha value is -1.14. The molecule has 0 aromatic carbocycles. The summed E-state index contributed by atoms with van der Waals surface area (Å²) >= 11 is 0. The number of carbonyl (C=O) groups excluding carboxylic acids is 2. The zero-order chi connectivity index (χ0) is 31.8. The molecular weight excluding hydrogens is 532 g/mol. The molecule has 0 unspecified atom stereocenters. The molecule has 43 heavy (non-hydrogen) atoms. The summed E-state index contributed by atoms with van der Waals surface area (Å²) in [5.41, 5.74) is 0. The van der Waals surface area contributed by atoms with Crippen molar-refractivity contribution >= 4 is 12.3 Å². The van der Waals surface area contributed by atoms with E-state index in [0.717, 1.165) is 32.5 Å². The van der Waals surface area contributed by atoms with Crippen LogP contribution in [0.1, 0.15) is 162 Å². The highest BCUT2D eigenvalue weighted by Gasteiger charge is 2.16. The van der Waals surface area contributed by atoms with Gasteiger partial charge in [0, 0.05) is 40.3 Å². The van der Waals surface area contributed by atoms with Gasteiger partial charge in [0.1, 0.15) is 0 Å². The monoisotopic (exact) mass is 609 g/mol. The van der Waals surface area contributed by atoms with Crippen LogP contribution in [0.4, 0.5) is 0 Å². The van der Waals surface area contributed by atoms with E-state index < -0.39 is 0 Å². The van der Waals surface area contributed by atoms with Gasteiger partial charge in [-0.3, -0.25) is 14.5 Å². The van der Waals surface area contributed by atoms with Crippen molar-refractivity contribution in [2.24, 2.45) is 0 Å². The summed E-state index contributed by atoms with van der Waals surface area (Å²) in [4.78, 5) is 32.7. The Balaban J connectivity index is 4.92. The summed E-state index contributed by atoms with van der Waals surface area (Å²) in [6.45, 7) is 14.2. The minimum absolute atomic E-state index is 0.211. The van der Waals surface area contributed by atoms with Crippen LogP contribution in [-0.4, -0.2) is 98.4 Å². The van der Waals surface area contributed by atoms with Crippen LogP contribution >= 0.6 is 0 Å². The summed E-state index contributed by atoms with van der Waals surface area (Å²) in [6, 6.07) is 0. The first-order valence-corrected chi connectivity index (χ1v) is 18.8. The lowest BCUT2D eigenvalue weighted by atomic mass is 10.1. The van der Waals surface area contributed by atoms with E-state index in [9.17, 15) is 9.59 Å². The molecular formula is C37H76N4O2. The van der Waals surface area contributed by atoms with Crippen LogP contribution < -0.4 is 0 Å². The number of unbranched alkanes of at least 4 members (excludes halogenated alkanes) is 18. The molecule has 0 atom stereocenters. The topological polar surface area (TPSA) is 47.1 Å². The molecule has 0 radical (unpaired) electrons. The standard InChI is InChI=1S/C37H76N4O2/c1-6-9-12-15-18-21-24-30-40(31-25-22-19-16-13-10-7-2)33-34-41(32-26-23-20-17-14-11-8-3)35-37(43)39(5)29-27-28-38(4)36-42/h36H,6-35H2,1-5H3. The van der Waals surface area contributed by atoms with Crippen LogP contribution in [0.15, 0.2) is 0 Å². The zero-order valence-electron chi connectivity index (χ0n) is 29.9. The molecule has 0 aliphatic carbocycles. The Morgan fingerprint density at radius 1 is 0.442 bits per heavy atom. The van der Waals surface area contributed by atoms with Crippen molar-refractivity contribution in [1.29, 1.82) is 0 Å². The second-order valence-electron chi connectivity index (χ2n) is 13.2. The van der Waals surface area contributed by atoms with E-state index in [1.54, 1.807) is 11.9 Å². The molecule has 0 heterocycles. The predicted octanol–water partition coefficient (Wildman–Crippen LogP) is 8.78. The maximum absolute atomic E-state index is 13.2. The lowest BCUT2D eigenvalue weighted by Gasteiger charge is -2.29. The molecule has 0 rings (SSSR count). The van der Waals surface area contributed by atoms with Crippen LogP contribution in [0.5, 0.6) is 0 Å². The number of hydrogen-bond donors (Lipinski definition) is 0. The third-order valence-corrected chi connectivity index (χ3v) is 8.94. The van der Waals surface area contributed by atoms with Crippen molar-refractivity contribution in [2.45, 2.75) is 162 Å². The van der Waals surface area contributed by atoms with E-state index in [-0.39, 0.29) is 5.91 Å². The molecule has 0 N–H and O–H groups in total. The van der Waals surface area contributed by atoms with Crippen molar-refractivity contribution in [3.8, 4) is 0 Å². The van der Waals surface area contributed by atoms with Gasteiger partial charge >= 0.3 is 0 Å². The minimum atomic E-state index is 0.211. The molecule has 0 spiro atoms. The van der Waals surface area contributed by atoms with Gasteiger partial charge in [0.05, 0.1) is 6.54 Å². The van der Waals surface area contributed by atoms with E-state index in [2.05, 4.69) is 30.6 Å². The van der Waals surface area contributed by atoms with Gasteiger partial charge in [0.2, 0.25) is 12.3 Å². The maximum atomic E-state index is 13.2. The van der Waals surface area contributed by atoms with E-state index in [1.807, 2.05) is 11.9 Å². The molecule has 0 aromatic heterocycles. The fourth-order valence-corrected chi connectivity index (χ4v) is 5.81. The summed E-state index contributed by atoms with van der Waals surface area (Å²) in [5.74, 6) is 0.211. The molecule has 2 amide bonds. The number of nitrogens with zero attached hydrogens (tertiary/aromatic N) is 4. The molecule has 0 aliphatic rings. The Morgan fingerprint density at radius 2 is 0.814 bits per heavy atom. The third-order valence-electron chi connectivity index (χ3n) is 8.94. The van der Waals surface area contributed by atoms with Crippen molar-refractivity contribution in [2.75, 3.05) is 66.5 Å². The molecule has 6 heteroatoms. The van der Waals surface area contributed by atoms with E-state index in [4.69, 9.17) is 0 Å². The highest BCUT2D eigenvalue weighted by atomic mass is 16.2. The van der Waals surface area contributed by atoms with Gasteiger partial charge in [-0.1, -0.05) is 136 Å². The number of hydrogen-bond acceptors (Lipinski definition) is 4. The van der Waals surface area contributed by atoms with Crippen LogP contribution in [0.2, 0.25) is 0 Å². The largest absolute Gasteiger partial charge is 0.348 e. The van der Waals surface area contributed by atoms with Crippen molar-refractivity contribution in [1.82, 2.24) is 19.6 Å². The lowest BCUT2D eigenvalue weighted by Crippen LogP contribution is -2.43. The highest BCUT2D eigenvalue weighted by molar-refractivity contribution is 5.77. The Bertz CT molecular complexity index is 585. The van der Waals surface area contributed by atoms with Gasteiger partial charge in [-0.25, -0.2) is 0 Å². The molecule has 0 bridgehead atoms. The first-order valence-electron chi connectivity index (χ1n) is 18.8. The fourth-order valence-electron chi connectivity index (χ4n) is 5.81. The number of amides is 2. The van der Waals surface area contributed by atoms with E-state index in [0.29, 0.717) is 19.6 Å². The zero-order valence-corrected chi connectivity index (χ0v) is 29.9. The maximum Gasteiger partial charge on any atom is 0.236 e. The second-order valence-corrected chi connectivity index (χ2v) is 13.2. The van der Waals surface area contributed by atoms with E-state index in [1.165, 1.54) is 148 Å². The first kappa shape index (κ1) is 41.9. The number of carbonyl (C=O) groups is 2. The fraction of sp³-hybridized carbons (Fsp3) is 0.946. The lowest BCUT2D eigenvalue weighted by molar-refractivity contribution is -0.131. The van der Waals surface area contributed by atoms with E-state index >= 15 is 0 Å². The number of rotatable bonds is 34.